The van der Waals surface area contributed by atoms with Crippen LogP contribution in [-0.2, 0) is 6.18 Å². The second kappa shape index (κ2) is 7.88. The van der Waals surface area contributed by atoms with E-state index in [0.29, 0.717) is 28.6 Å². The average molecular weight is 387 g/mol. The van der Waals surface area contributed by atoms with Gasteiger partial charge in [0.2, 0.25) is 0 Å². The van der Waals surface area contributed by atoms with Crippen LogP contribution in [-0.4, -0.2) is 17.1 Å². The van der Waals surface area contributed by atoms with E-state index in [1.165, 1.54) is 6.07 Å². The zero-order valence-electron chi connectivity index (χ0n) is 15.7. The lowest BCUT2D eigenvalue weighted by molar-refractivity contribution is -0.137. The van der Waals surface area contributed by atoms with Gasteiger partial charge in [-0.3, -0.25) is 0 Å². The van der Waals surface area contributed by atoms with Gasteiger partial charge in [0.25, 0.3) is 0 Å². The maximum Gasteiger partial charge on any atom is 0.416 e. The van der Waals surface area contributed by atoms with Crippen LogP contribution in [0, 0.1) is 6.92 Å². The number of benzene rings is 2. The standard InChI is InChI=1S/C21H20F3N3O/c1-13(15-6-4-8-17(10-15)21(22,23)24)25-20-12-19(26-14(2)27-20)16-7-5-9-18(11-16)28-3/h4-13H,1-3H3,(H,25,26,27). The van der Waals surface area contributed by atoms with Gasteiger partial charge in [-0.15, -0.1) is 0 Å². The van der Waals surface area contributed by atoms with Crippen LogP contribution in [0.5, 0.6) is 5.75 Å². The number of hydrogen-bond acceptors (Lipinski definition) is 4. The topological polar surface area (TPSA) is 47.0 Å². The summed E-state index contributed by atoms with van der Waals surface area (Å²) in [7, 11) is 1.59. The van der Waals surface area contributed by atoms with Crippen molar-refractivity contribution in [1.29, 1.82) is 0 Å². The zero-order chi connectivity index (χ0) is 20.3. The molecule has 4 nitrogen and oxygen atoms in total. The molecular weight excluding hydrogens is 367 g/mol. The Bertz CT molecular complexity index is 973. The predicted molar refractivity (Wildman–Crippen MR) is 102 cm³/mol. The maximum absolute atomic E-state index is 13.0. The number of alkyl halides is 3. The van der Waals surface area contributed by atoms with E-state index in [0.717, 1.165) is 17.7 Å². The molecule has 1 heterocycles. The monoisotopic (exact) mass is 387 g/mol. The fraction of sp³-hybridized carbons (Fsp3) is 0.238. The SMILES string of the molecule is COc1cccc(-c2cc(NC(C)c3cccc(C(F)(F)F)c3)nc(C)n2)c1. The number of aromatic nitrogens is 2. The number of halogens is 3. The van der Waals surface area contributed by atoms with Crippen molar-refractivity contribution < 1.29 is 17.9 Å². The summed E-state index contributed by atoms with van der Waals surface area (Å²) in [5, 5.41) is 3.17. The van der Waals surface area contributed by atoms with Crippen molar-refractivity contribution in [2.45, 2.75) is 26.1 Å². The Balaban J connectivity index is 1.87. The highest BCUT2D eigenvalue weighted by molar-refractivity contribution is 5.64. The van der Waals surface area contributed by atoms with Gasteiger partial charge in [0.1, 0.15) is 17.4 Å². The molecule has 0 aliphatic carbocycles. The molecule has 0 bridgehead atoms. The number of methoxy groups -OCH3 is 1. The molecule has 3 rings (SSSR count). The lowest BCUT2D eigenvalue weighted by Gasteiger charge is -2.17. The summed E-state index contributed by atoms with van der Waals surface area (Å²) in [6.45, 7) is 3.56. The summed E-state index contributed by atoms with van der Waals surface area (Å²) in [5.74, 6) is 1.80. The van der Waals surface area contributed by atoms with Crippen molar-refractivity contribution in [2.24, 2.45) is 0 Å². The molecule has 1 N–H and O–H groups in total. The second-order valence-corrected chi connectivity index (χ2v) is 6.41. The molecule has 0 aliphatic heterocycles. The Morgan fingerprint density at radius 1 is 1.00 bits per heavy atom. The lowest BCUT2D eigenvalue weighted by Crippen LogP contribution is -2.11. The predicted octanol–water partition coefficient (Wildman–Crippen LogP) is 5.65. The Hall–Kier alpha value is -3.09. The summed E-state index contributed by atoms with van der Waals surface area (Å²) >= 11 is 0. The van der Waals surface area contributed by atoms with Crippen LogP contribution in [0.3, 0.4) is 0 Å². The van der Waals surface area contributed by atoms with E-state index < -0.39 is 11.7 Å². The number of anilines is 1. The summed E-state index contributed by atoms with van der Waals surface area (Å²) in [5.41, 5.74) is 1.41. The van der Waals surface area contributed by atoms with Crippen molar-refractivity contribution in [3.05, 3.63) is 71.5 Å². The minimum absolute atomic E-state index is 0.366. The molecule has 0 spiro atoms. The van der Waals surface area contributed by atoms with E-state index in [9.17, 15) is 13.2 Å². The van der Waals surface area contributed by atoms with Gasteiger partial charge in [-0.1, -0.05) is 24.3 Å². The van der Waals surface area contributed by atoms with Crippen LogP contribution in [0.25, 0.3) is 11.3 Å². The number of aryl methyl sites for hydroxylation is 1. The Morgan fingerprint density at radius 2 is 1.75 bits per heavy atom. The first kappa shape index (κ1) is 19.7. The van der Waals surface area contributed by atoms with E-state index in [4.69, 9.17) is 4.74 Å². The van der Waals surface area contributed by atoms with Crippen LogP contribution in [0.15, 0.2) is 54.6 Å². The molecule has 3 aromatic rings. The number of hydrogen-bond donors (Lipinski definition) is 1. The van der Waals surface area contributed by atoms with Gasteiger partial charge >= 0.3 is 6.18 Å². The molecule has 0 saturated carbocycles. The summed E-state index contributed by atoms with van der Waals surface area (Å²) in [6.07, 6.45) is -4.37. The normalized spacial score (nSPS) is 12.5. The molecule has 7 heteroatoms. The van der Waals surface area contributed by atoms with Crippen LogP contribution < -0.4 is 10.1 Å². The van der Waals surface area contributed by atoms with E-state index in [1.807, 2.05) is 24.3 Å². The molecule has 0 radical (unpaired) electrons. The number of rotatable bonds is 5. The van der Waals surface area contributed by atoms with E-state index in [-0.39, 0.29) is 6.04 Å². The van der Waals surface area contributed by atoms with Crippen LogP contribution in [0.4, 0.5) is 19.0 Å². The molecular formula is C21H20F3N3O. The van der Waals surface area contributed by atoms with E-state index in [2.05, 4.69) is 15.3 Å². The van der Waals surface area contributed by atoms with Gasteiger partial charge in [-0.25, -0.2) is 9.97 Å². The highest BCUT2D eigenvalue weighted by Crippen LogP contribution is 2.31. The summed E-state index contributed by atoms with van der Waals surface area (Å²) < 4.78 is 44.1. The quantitative estimate of drug-likeness (QED) is 0.614. The molecule has 146 valence electrons. The molecule has 1 atom stereocenters. The summed E-state index contributed by atoms with van der Waals surface area (Å²) in [6, 6.07) is 14.2. The van der Waals surface area contributed by atoms with Crippen molar-refractivity contribution in [2.75, 3.05) is 12.4 Å². The largest absolute Gasteiger partial charge is 0.497 e. The van der Waals surface area contributed by atoms with Crippen LogP contribution >= 0.6 is 0 Å². The molecule has 1 aromatic heterocycles. The first-order valence-electron chi connectivity index (χ1n) is 8.70. The van der Waals surface area contributed by atoms with Gasteiger partial charge in [0.05, 0.1) is 18.4 Å². The van der Waals surface area contributed by atoms with E-state index >= 15 is 0 Å². The zero-order valence-corrected chi connectivity index (χ0v) is 15.7. The van der Waals surface area contributed by atoms with Gasteiger partial charge in [0, 0.05) is 17.7 Å². The molecule has 0 amide bonds. The number of ether oxygens (including phenoxy) is 1. The fourth-order valence-electron chi connectivity index (χ4n) is 2.86. The third-order valence-corrected chi connectivity index (χ3v) is 4.28. The third kappa shape index (κ3) is 4.60. The van der Waals surface area contributed by atoms with Crippen molar-refractivity contribution in [1.82, 2.24) is 9.97 Å². The molecule has 28 heavy (non-hydrogen) atoms. The number of nitrogens with zero attached hydrogens (tertiary/aromatic N) is 2. The van der Waals surface area contributed by atoms with Gasteiger partial charge in [-0.05, 0) is 43.7 Å². The maximum atomic E-state index is 13.0. The molecule has 0 saturated heterocycles. The van der Waals surface area contributed by atoms with Crippen molar-refractivity contribution in [3.8, 4) is 17.0 Å². The van der Waals surface area contributed by atoms with Crippen molar-refractivity contribution in [3.63, 3.8) is 0 Å². The van der Waals surface area contributed by atoms with E-state index in [1.54, 1.807) is 33.1 Å². The first-order valence-corrected chi connectivity index (χ1v) is 8.70. The minimum atomic E-state index is -4.37. The van der Waals surface area contributed by atoms with Crippen LogP contribution in [0.1, 0.15) is 29.9 Å². The van der Waals surface area contributed by atoms with Gasteiger partial charge < -0.3 is 10.1 Å². The Labute approximate surface area is 161 Å². The second-order valence-electron chi connectivity index (χ2n) is 6.41. The fourth-order valence-corrected chi connectivity index (χ4v) is 2.86. The van der Waals surface area contributed by atoms with Crippen LogP contribution in [0.2, 0.25) is 0 Å². The Morgan fingerprint density at radius 3 is 2.46 bits per heavy atom. The van der Waals surface area contributed by atoms with Gasteiger partial charge in [0.15, 0.2) is 0 Å². The van der Waals surface area contributed by atoms with Gasteiger partial charge in [-0.2, -0.15) is 13.2 Å². The van der Waals surface area contributed by atoms with Crippen molar-refractivity contribution >= 4 is 5.82 Å². The molecule has 1 unspecified atom stereocenters. The molecule has 0 fully saturated rings. The summed E-state index contributed by atoms with van der Waals surface area (Å²) in [4.78, 5) is 8.81. The molecule has 0 aliphatic rings. The third-order valence-electron chi connectivity index (χ3n) is 4.28. The smallest absolute Gasteiger partial charge is 0.416 e. The first-order chi connectivity index (χ1) is 13.3. The highest BCUT2D eigenvalue weighted by atomic mass is 19.4. The average Bonchev–Trinajstić information content (AvgIpc) is 2.67. The minimum Gasteiger partial charge on any atom is -0.497 e. The molecule has 2 aromatic carbocycles. The lowest BCUT2D eigenvalue weighted by atomic mass is 10.0. The highest BCUT2D eigenvalue weighted by Gasteiger charge is 2.30. The Kier molecular flexibility index (Phi) is 5.53. The number of nitrogens with one attached hydrogen (secondary N) is 1.